The van der Waals surface area contributed by atoms with Gasteiger partial charge in [0.15, 0.2) is 0 Å². The van der Waals surface area contributed by atoms with Crippen molar-refractivity contribution >= 4 is 5.91 Å². The van der Waals surface area contributed by atoms with E-state index < -0.39 is 5.91 Å². The summed E-state index contributed by atoms with van der Waals surface area (Å²) in [6, 6.07) is 11.4. The van der Waals surface area contributed by atoms with Crippen LogP contribution in [0.1, 0.15) is 35.7 Å². The van der Waals surface area contributed by atoms with Crippen LogP contribution in [0, 0.1) is 11.8 Å². The number of aromatic nitrogens is 1. The summed E-state index contributed by atoms with van der Waals surface area (Å²) in [5.41, 5.74) is 9.77. The normalized spacial score (nSPS) is 21.3. The molecule has 0 radical (unpaired) electrons. The number of carbonyl (C=O) groups is 1. The smallest absolute Gasteiger partial charge is 0.250 e. The molecular formula is C26H29N3O2. The quantitative estimate of drug-likeness (QED) is 0.700. The van der Waals surface area contributed by atoms with E-state index in [4.69, 9.17) is 10.5 Å². The largest absolute Gasteiger partial charge is 0.439 e. The van der Waals surface area contributed by atoms with E-state index in [0.29, 0.717) is 23.1 Å². The van der Waals surface area contributed by atoms with Gasteiger partial charge in [-0.25, -0.2) is 4.98 Å². The summed E-state index contributed by atoms with van der Waals surface area (Å²) in [4.78, 5) is 17.8. The van der Waals surface area contributed by atoms with Crippen molar-refractivity contribution in [1.82, 2.24) is 9.88 Å². The van der Waals surface area contributed by atoms with Crippen LogP contribution in [0.25, 0.3) is 0 Å². The fourth-order valence-corrected chi connectivity index (χ4v) is 4.72. The Morgan fingerprint density at radius 3 is 2.74 bits per heavy atom. The lowest BCUT2D eigenvalue weighted by Gasteiger charge is -2.36. The Morgan fingerprint density at radius 1 is 1.29 bits per heavy atom. The van der Waals surface area contributed by atoms with Gasteiger partial charge in [0, 0.05) is 31.3 Å². The highest BCUT2D eigenvalue weighted by Gasteiger charge is 2.36. The lowest BCUT2D eigenvalue weighted by atomic mass is 9.84. The minimum absolute atomic E-state index is 0.362. The second kappa shape index (κ2) is 9.31. The standard InChI is InChI=1S/C26H29N3O2/c1-3-5-19-14-20-12-13-29(17-24(20)23(19)4-2)16-18-6-9-22(10-7-18)31-25-11-8-21(15-28-25)26(27)30/h3-11,15,20,24H,2,12-14,16-17H2,1H3,(H2,27,30)/b5-3-. The minimum atomic E-state index is -0.501. The van der Waals surface area contributed by atoms with E-state index in [1.165, 1.54) is 35.7 Å². The number of carbonyl (C=O) groups excluding carboxylic acids is 1. The lowest BCUT2D eigenvalue weighted by Crippen LogP contribution is -2.38. The molecule has 160 valence electrons. The first kappa shape index (κ1) is 21.1. The zero-order valence-corrected chi connectivity index (χ0v) is 18.0. The number of fused-ring (bicyclic) bond motifs is 1. The first-order valence-electron chi connectivity index (χ1n) is 10.8. The Balaban J connectivity index is 1.37. The van der Waals surface area contributed by atoms with Gasteiger partial charge in [0.1, 0.15) is 5.75 Å². The van der Waals surface area contributed by atoms with Crippen molar-refractivity contribution in [3.05, 3.63) is 89.7 Å². The highest BCUT2D eigenvalue weighted by atomic mass is 16.5. The number of hydrogen-bond acceptors (Lipinski definition) is 4. The van der Waals surface area contributed by atoms with E-state index in [-0.39, 0.29) is 0 Å². The summed E-state index contributed by atoms with van der Waals surface area (Å²) in [5.74, 6) is 1.99. The number of nitrogens with two attached hydrogens (primary N) is 1. The maximum atomic E-state index is 11.1. The molecule has 1 saturated heterocycles. The predicted molar refractivity (Wildman–Crippen MR) is 123 cm³/mol. The van der Waals surface area contributed by atoms with Gasteiger partial charge in [-0.1, -0.05) is 36.9 Å². The second-order valence-corrected chi connectivity index (χ2v) is 8.27. The molecule has 1 fully saturated rings. The molecule has 5 nitrogen and oxygen atoms in total. The van der Waals surface area contributed by atoms with Crippen LogP contribution < -0.4 is 10.5 Å². The molecule has 0 saturated carbocycles. The van der Waals surface area contributed by atoms with Gasteiger partial charge in [0.25, 0.3) is 0 Å². The SMILES string of the molecule is C=CC1=C(/C=C\C)CC2CCN(Cc3ccc(Oc4ccc(C(N)=O)cn4)cc3)CC12. The third kappa shape index (κ3) is 4.78. The topological polar surface area (TPSA) is 68.5 Å². The predicted octanol–water partition coefficient (Wildman–Crippen LogP) is 4.87. The van der Waals surface area contributed by atoms with Crippen molar-refractivity contribution in [1.29, 1.82) is 0 Å². The van der Waals surface area contributed by atoms with E-state index in [2.05, 4.69) is 53.7 Å². The molecule has 1 amide bonds. The highest BCUT2D eigenvalue weighted by Crippen LogP contribution is 2.43. The van der Waals surface area contributed by atoms with Gasteiger partial charge < -0.3 is 10.5 Å². The van der Waals surface area contributed by atoms with Crippen LogP contribution in [-0.2, 0) is 6.54 Å². The summed E-state index contributed by atoms with van der Waals surface area (Å²) in [6.45, 7) is 9.31. The molecule has 31 heavy (non-hydrogen) atoms. The first-order valence-corrected chi connectivity index (χ1v) is 10.8. The Morgan fingerprint density at radius 2 is 2.10 bits per heavy atom. The summed E-state index contributed by atoms with van der Waals surface area (Å²) >= 11 is 0. The first-order chi connectivity index (χ1) is 15.1. The Bertz CT molecular complexity index is 1010. The lowest BCUT2D eigenvalue weighted by molar-refractivity contribution is 0.1000. The van der Waals surface area contributed by atoms with Gasteiger partial charge in [-0.05, 0) is 67.1 Å². The van der Waals surface area contributed by atoms with Crippen molar-refractivity contribution in [2.75, 3.05) is 13.1 Å². The molecule has 1 aromatic carbocycles. The number of hydrogen-bond donors (Lipinski definition) is 1. The molecule has 5 heteroatoms. The molecule has 0 spiro atoms. The molecule has 2 atom stereocenters. The van der Waals surface area contributed by atoms with Crippen LogP contribution in [0.5, 0.6) is 11.6 Å². The number of pyridine rings is 1. The van der Waals surface area contributed by atoms with E-state index in [1.54, 1.807) is 12.1 Å². The molecule has 4 rings (SSSR count). The Hall–Kier alpha value is -3.18. The van der Waals surface area contributed by atoms with E-state index in [0.717, 1.165) is 25.6 Å². The summed E-state index contributed by atoms with van der Waals surface area (Å²) in [5, 5.41) is 0. The Kier molecular flexibility index (Phi) is 6.33. The highest BCUT2D eigenvalue weighted by molar-refractivity contribution is 5.92. The van der Waals surface area contributed by atoms with Crippen LogP contribution >= 0.6 is 0 Å². The van der Waals surface area contributed by atoms with Crippen LogP contribution in [0.3, 0.4) is 0 Å². The van der Waals surface area contributed by atoms with Gasteiger partial charge in [-0.15, -0.1) is 0 Å². The average molecular weight is 416 g/mol. The number of nitrogens with zero attached hydrogens (tertiary/aromatic N) is 2. The van der Waals surface area contributed by atoms with Crippen molar-refractivity contribution in [2.45, 2.75) is 26.3 Å². The Labute approximate surface area is 183 Å². The van der Waals surface area contributed by atoms with Gasteiger partial charge >= 0.3 is 0 Å². The third-order valence-corrected chi connectivity index (χ3v) is 6.25. The van der Waals surface area contributed by atoms with Crippen molar-refractivity contribution in [3.63, 3.8) is 0 Å². The number of amides is 1. The third-order valence-electron chi connectivity index (χ3n) is 6.25. The zero-order chi connectivity index (χ0) is 21.8. The maximum Gasteiger partial charge on any atom is 0.250 e. The van der Waals surface area contributed by atoms with Gasteiger partial charge in [-0.2, -0.15) is 0 Å². The molecule has 0 bridgehead atoms. The van der Waals surface area contributed by atoms with E-state index >= 15 is 0 Å². The molecule has 2 unspecified atom stereocenters. The number of benzene rings is 1. The van der Waals surface area contributed by atoms with Crippen molar-refractivity contribution in [2.24, 2.45) is 17.6 Å². The number of likely N-dealkylation sites (tertiary alicyclic amines) is 1. The summed E-state index contributed by atoms with van der Waals surface area (Å²) < 4.78 is 5.78. The van der Waals surface area contributed by atoms with Gasteiger partial charge in [-0.3, -0.25) is 9.69 Å². The second-order valence-electron chi connectivity index (χ2n) is 8.27. The molecule has 1 aliphatic heterocycles. The monoisotopic (exact) mass is 415 g/mol. The van der Waals surface area contributed by atoms with E-state index in [9.17, 15) is 4.79 Å². The molecule has 1 aliphatic carbocycles. The molecule has 2 N–H and O–H groups in total. The average Bonchev–Trinajstić information content (AvgIpc) is 3.12. The molecular weight excluding hydrogens is 386 g/mol. The molecule has 2 aliphatic rings. The van der Waals surface area contributed by atoms with Crippen LogP contribution in [0.15, 0.2) is 78.5 Å². The molecule has 1 aromatic heterocycles. The summed E-state index contributed by atoms with van der Waals surface area (Å²) in [7, 11) is 0. The van der Waals surface area contributed by atoms with E-state index in [1.807, 2.05) is 12.1 Å². The molecule has 2 aromatic rings. The fourth-order valence-electron chi connectivity index (χ4n) is 4.72. The number of rotatable bonds is 7. The van der Waals surface area contributed by atoms with Crippen LogP contribution in [-0.4, -0.2) is 28.9 Å². The summed E-state index contributed by atoms with van der Waals surface area (Å²) in [6.07, 6.45) is 10.3. The van der Waals surface area contributed by atoms with Crippen LogP contribution in [0.4, 0.5) is 0 Å². The number of ether oxygens (including phenoxy) is 1. The number of piperidine rings is 1. The van der Waals surface area contributed by atoms with Gasteiger partial charge in [0.2, 0.25) is 11.8 Å². The fraction of sp³-hybridized carbons (Fsp3) is 0.308. The molecule has 2 heterocycles. The van der Waals surface area contributed by atoms with Crippen LogP contribution in [0.2, 0.25) is 0 Å². The van der Waals surface area contributed by atoms with Crippen molar-refractivity contribution in [3.8, 4) is 11.6 Å². The van der Waals surface area contributed by atoms with Crippen molar-refractivity contribution < 1.29 is 9.53 Å². The maximum absolute atomic E-state index is 11.1. The zero-order valence-electron chi connectivity index (χ0n) is 18.0. The number of allylic oxidation sites excluding steroid dienone is 4. The minimum Gasteiger partial charge on any atom is -0.439 e. The number of primary amides is 1. The van der Waals surface area contributed by atoms with Gasteiger partial charge in [0.05, 0.1) is 5.56 Å².